The third-order valence-electron chi connectivity index (χ3n) is 2.94. The summed E-state index contributed by atoms with van der Waals surface area (Å²) >= 11 is 0. The molecule has 2 rings (SSSR count). The van der Waals surface area contributed by atoms with Crippen LogP contribution >= 0.6 is 0 Å². The molecule has 0 bridgehead atoms. The van der Waals surface area contributed by atoms with E-state index in [1.165, 1.54) is 24.3 Å². The first-order valence-corrected chi connectivity index (χ1v) is 5.79. The Bertz CT molecular complexity index is 405. The van der Waals surface area contributed by atoms with Crippen LogP contribution in [0.4, 0.5) is 0 Å². The molecule has 0 spiro atoms. The SMILES string of the molecule is OC[C@H]1OC(Oc2ccc(O)cc2)[C@H](O)[C@@H](O)[C@H]1O. The van der Waals surface area contributed by atoms with Gasteiger partial charge in [-0.15, -0.1) is 0 Å². The topological polar surface area (TPSA) is 120 Å². The average Bonchev–Trinajstić information content (AvgIpc) is 2.42. The molecule has 106 valence electrons. The van der Waals surface area contributed by atoms with E-state index in [2.05, 4.69) is 0 Å². The number of aromatic hydroxyl groups is 1. The van der Waals surface area contributed by atoms with Gasteiger partial charge in [0.25, 0.3) is 0 Å². The summed E-state index contributed by atoms with van der Waals surface area (Å²) in [6.45, 7) is -0.514. The maximum Gasteiger partial charge on any atom is 0.229 e. The normalized spacial score (nSPS) is 35.1. The van der Waals surface area contributed by atoms with Gasteiger partial charge in [-0.2, -0.15) is 0 Å². The Hall–Kier alpha value is -1.38. The summed E-state index contributed by atoms with van der Waals surface area (Å²) in [4.78, 5) is 0. The summed E-state index contributed by atoms with van der Waals surface area (Å²) < 4.78 is 10.5. The van der Waals surface area contributed by atoms with Crippen molar-refractivity contribution >= 4 is 0 Å². The lowest BCUT2D eigenvalue weighted by Crippen LogP contribution is -2.60. The van der Waals surface area contributed by atoms with Crippen LogP contribution in [0.1, 0.15) is 0 Å². The van der Waals surface area contributed by atoms with Gasteiger partial charge in [-0.25, -0.2) is 0 Å². The highest BCUT2D eigenvalue weighted by Crippen LogP contribution is 2.25. The van der Waals surface area contributed by atoms with Crippen LogP contribution in [0.15, 0.2) is 24.3 Å². The molecular weight excluding hydrogens is 256 g/mol. The molecule has 1 saturated heterocycles. The van der Waals surface area contributed by atoms with Crippen LogP contribution in [0.2, 0.25) is 0 Å². The number of phenolic OH excluding ortho intramolecular Hbond substituents is 1. The molecule has 7 heteroatoms. The van der Waals surface area contributed by atoms with Crippen LogP contribution in [0.5, 0.6) is 11.5 Å². The van der Waals surface area contributed by atoms with Crippen LogP contribution in [-0.2, 0) is 4.74 Å². The summed E-state index contributed by atoms with van der Waals surface area (Å²) in [6.07, 6.45) is -6.58. The third kappa shape index (κ3) is 2.96. The fraction of sp³-hybridized carbons (Fsp3) is 0.500. The number of aliphatic hydroxyl groups is 4. The van der Waals surface area contributed by atoms with Gasteiger partial charge in [-0.1, -0.05) is 0 Å². The second kappa shape index (κ2) is 5.72. The third-order valence-corrected chi connectivity index (χ3v) is 2.94. The van der Waals surface area contributed by atoms with E-state index in [-0.39, 0.29) is 5.75 Å². The lowest BCUT2D eigenvalue weighted by molar-refractivity contribution is -0.277. The van der Waals surface area contributed by atoms with E-state index >= 15 is 0 Å². The Labute approximate surface area is 109 Å². The molecule has 0 amide bonds. The summed E-state index contributed by atoms with van der Waals surface area (Å²) in [7, 11) is 0. The molecule has 1 aliphatic heterocycles. The van der Waals surface area contributed by atoms with Crippen molar-refractivity contribution in [2.75, 3.05) is 6.61 Å². The van der Waals surface area contributed by atoms with Gasteiger partial charge in [-0.05, 0) is 24.3 Å². The Morgan fingerprint density at radius 1 is 1.00 bits per heavy atom. The van der Waals surface area contributed by atoms with Gasteiger partial charge in [0.05, 0.1) is 6.61 Å². The lowest BCUT2D eigenvalue weighted by Gasteiger charge is -2.39. The predicted molar refractivity (Wildman–Crippen MR) is 62.5 cm³/mol. The Morgan fingerprint density at radius 3 is 2.21 bits per heavy atom. The van der Waals surface area contributed by atoms with Gasteiger partial charge in [0.15, 0.2) is 0 Å². The van der Waals surface area contributed by atoms with Crippen molar-refractivity contribution in [1.82, 2.24) is 0 Å². The number of phenols is 1. The molecule has 19 heavy (non-hydrogen) atoms. The second-order valence-corrected chi connectivity index (χ2v) is 4.31. The van der Waals surface area contributed by atoms with Crippen LogP contribution in [-0.4, -0.2) is 62.8 Å². The van der Waals surface area contributed by atoms with Gasteiger partial charge in [0.2, 0.25) is 6.29 Å². The molecule has 0 radical (unpaired) electrons. The number of rotatable bonds is 3. The van der Waals surface area contributed by atoms with E-state index in [0.717, 1.165) is 0 Å². The van der Waals surface area contributed by atoms with Gasteiger partial charge >= 0.3 is 0 Å². The zero-order valence-corrected chi connectivity index (χ0v) is 9.96. The van der Waals surface area contributed by atoms with Crippen molar-refractivity contribution in [3.8, 4) is 11.5 Å². The monoisotopic (exact) mass is 272 g/mol. The largest absolute Gasteiger partial charge is 0.508 e. The molecule has 1 aromatic carbocycles. The van der Waals surface area contributed by atoms with Crippen molar-refractivity contribution in [1.29, 1.82) is 0 Å². The van der Waals surface area contributed by atoms with Crippen molar-refractivity contribution in [2.45, 2.75) is 30.7 Å². The standard InChI is InChI=1S/C12H16O7/c13-5-8-9(15)10(16)11(17)12(19-8)18-7-3-1-6(14)2-4-7/h1-4,8-17H,5H2/t8-,9+,10+,11-,12?/m1/s1. The van der Waals surface area contributed by atoms with Gasteiger partial charge in [0.1, 0.15) is 35.9 Å². The fourth-order valence-electron chi connectivity index (χ4n) is 1.82. The zero-order chi connectivity index (χ0) is 14.0. The number of hydrogen-bond donors (Lipinski definition) is 5. The van der Waals surface area contributed by atoms with Crippen molar-refractivity contribution < 1.29 is 35.0 Å². The van der Waals surface area contributed by atoms with Gasteiger partial charge < -0.3 is 35.0 Å². The molecule has 1 aliphatic rings. The maximum absolute atomic E-state index is 9.75. The molecule has 1 heterocycles. The molecule has 1 fully saturated rings. The number of ether oxygens (including phenoxy) is 2. The minimum Gasteiger partial charge on any atom is -0.508 e. The predicted octanol–water partition coefficient (Wildman–Crippen LogP) is -1.43. The zero-order valence-electron chi connectivity index (χ0n) is 9.96. The molecule has 0 saturated carbocycles. The van der Waals surface area contributed by atoms with Gasteiger partial charge in [-0.3, -0.25) is 0 Å². The molecule has 5 atom stereocenters. The molecule has 0 aliphatic carbocycles. The second-order valence-electron chi connectivity index (χ2n) is 4.31. The first-order chi connectivity index (χ1) is 9.02. The van der Waals surface area contributed by atoms with E-state index in [0.29, 0.717) is 5.75 Å². The minimum absolute atomic E-state index is 0.0566. The summed E-state index contributed by atoms with van der Waals surface area (Å²) in [5.74, 6) is 0.364. The summed E-state index contributed by atoms with van der Waals surface area (Å²) in [5, 5.41) is 47.1. The summed E-state index contributed by atoms with van der Waals surface area (Å²) in [6, 6.07) is 5.69. The number of benzene rings is 1. The maximum atomic E-state index is 9.75. The molecule has 0 aromatic heterocycles. The fourth-order valence-corrected chi connectivity index (χ4v) is 1.82. The first-order valence-electron chi connectivity index (χ1n) is 5.79. The number of aliphatic hydroxyl groups excluding tert-OH is 4. The Morgan fingerprint density at radius 2 is 1.63 bits per heavy atom. The van der Waals surface area contributed by atoms with E-state index < -0.39 is 37.3 Å². The Kier molecular flexibility index (Phi) is 4.23. The first kappa shape index (κ1) is 14.0. The minimum atomic E-state index is -1.48. The average molecular weight is 272 g/mol. The highest BCUT2D eigenvalue weighted by Gasteiger charge is 2.44. The summed E-state index contributed by atoms with van der Waals surface area (Å²) in [5.41, 5.74) is 0. The number of hydrogen-bond acceptors (Lipinski definition) is 7. The molecule has 1 unspecified atom stereocenters. The quantitative estimate of drug-likeness (QED) is 0.457. The van der Waals surface area contributed by atoms with Crippen LogP contribution in [0.25, 0.3) is 0 Å². The van der Waals surface area contributed by atoms with E-state index in [9.17, 15) is 15.3 Å². The van der Waals surface area contributed by atoms with Crippen LogP contribution in [0.3, 0.4) is 0 Å². The van der Waals surface area contributed by atoms with Crippen molar-refractivity contribution in [3.63, 3.8) is 0 Å². The highest BCUT2D eigenvalue weighted by atomic mass is 16.7. The molecular formula is C12H16O7. The van der Waals surface area contributed by atoms with Crippen LogP contribution in [0, 0.1) is 0 Å². The molecule has 5 N–H and O–H groups in total. The van der Waals surface area contributed by atoms with Crippen molar-refractivity contribution in [3.05, 3.63) is 24.3 Å². The van der Waals surface area contributed by atoms with E-state index in [1.807, 2.05) is 0 Å². The van der Waals surface area contributed by atoms with Gasteiger partial charge in [0, 0.05) is 0 Å². The highest BCUT2D eigenvalue weighted by molar-refractivity contribution is 5.30. The molecule has 1 aromatic rings. The Balaban J connectivity index is 2.08. The van der Waals surface area contributed by atoms with Crippen molar-refractivity contribution in [2.24, 2.45) is 0 Å². The lowest BCUT2D eigenvalue weighted by atomic mass is 9.99. The molecule has 7 nitrogen and oxygen atoms in total. The van der Waals surface area contributed by atoms with Crippen LogP contribution < -0.4 is 4.74 Å². The van der Waals surface area contributed by atoms with E-state index in [1.54, 1.807) is 0 Å². The smallest absolute Gasteiger partial charge is 0.229 e. The van der Waals surface area contributed by atoms with E-state index in [4.69, 9.17) is 19.7 Å².